The number of carbonyl (C=O) groups is 3. The largest absolute Gasteiger partial charge is 0.481 e. The summed E-state index contributed by atoms with van der Waals surface area (Å²) in [7, 11) is 0. The molecule has 0 aromatic heterocycles. The number of Topliss-reactive ketones (excluding diaryl/α,β-unsaturated/α-hetero) is 2. The Hall–Kier alpha value is -1.31. The highest BCUT2D eigenvalue weighted by Crippen LogP contribution is 1.98. The summed E-state index contributed by atoms with van der Waals surface area (Å²) in [5, 5.41) is 16.8. The van der Waals surface area contributed by atoms with Gasteiger partial charge in [0.05, 0.1) is 18.7 Å². The normalized spacial score (nSPS) is 14.3. The average Bonchev–Trinajstić information content (AvgIpc) is 2.22. The summed E-state index contributed by atoms with van der Waals surface area (Å²) in [6.07, 6.45) is -0.424. The lowest BCUT2D eigenvalue weighted by molar-refractivity contribution is -0.140. The first-order valence-electron chi connectivity index (χ1n) is 4.32. The van der Waals surface area contributed by atoms with Crippen molar-refractivity contribution < 1.29 is 24.6 Å². The van der Waals surface area contributed by atoms with Gasteiger partial charge in [0.15, 0.2) is 0 Å². The maximum absolute atomic E-state index is 11.2. The van der Waals surface area contributed by atoms with E-state index in [1.807, 2.05) is 0 Å². The van der Waals surface area contributed by atoms with Crippen LogP contribution in [0, 0.1) is 0 Å². The van der Waals surface area contributed by atoms with Gasteiger partial charge in [-0.25, -0.2) is 0 Å². The molecule has 7 heteroatoms. The zero-order valence-electron chi connectivity index (χ0n) is 8.05. The van der Waals surface area contributed by atoms with E-state index in [0.717, 1.165) is 0 Å². The Bertz CT molecular complexity index is 266. The second kappa shape index (κ2) is 6.23. The summed E-state index contributed by atoms with van der Waals surface area (Å²) < 4.78 is 0. The summed E-state index contributed by atoms with van der Waals surface area (Å²) in [4.78, 5) is 32.5. The third-order valence-electron chi connectivity index (χ3n) is 1.78. The third kappa shape index (κ3) is 4.63. The van der Waals surface area contributed by atoms with Crippen molar-refractivity contribution in [2.45, 2.75) is 24.9 Å². The minimum Gasteiger partial charge on any atom is -0.481 e. The molecule has 0 bridgehead atoms. The van der Waals surface area contributed by atoms with Crippen molar-refractivity contribution in [1.29, 1.82) is 0 Å². The highest BCUT2D eigenvalue weighted by Gasteiger charge is 2.26. The number of carboxylic acid groups (broad SMARTS) is 1. The number of aliphatic carboxylic acids is 1. The fourth-order valence-electron chi connectivity index (χ4n) is 0.858. The molecule has 0 aliphatic carbocycles. The number of ketones is 2. The lowest BCUT2D eigenvalue weighted by atomic mass is 10.0. The third-order valence-corrected chi connectivity index (χ3v) is 1.78. The number of nitrogens with two attached hydrogens (primary N) is 2. The predicted octanol–water partition coefficient (Wildman–Crippen LogP) is -2.36. The van der Waals surface area contributed by atoms with Crippen molar-refractivity contribution in [2.24, 2.45) is 11.5 Å². The van der Waals surface area contributed by atoms with Crippen LogP contribution in [0.5, 0.6) is 0 Å². The maximum Gasteiger partial charge on any atom is 0.303 e. The van der Waals surface area contributed by atoms with Gasteiger partial charge in [0.1, 0.15) is 0 Å². The molecular weight excluding hydrogens is 204 g/mol. The fourth-order valence-corrected chi connectivity index (χ4v) is 0.858. The van der Waals surface area contributed by atoms with Gasteiger partial charge in [0, 0.05) is 6.42 Å². The van der Waals surface area contributed by atoms with E-state index in [0.29, 0.717) is 0 Å². The van der Waals surface area contributed by atoms with Crippen molar-refractivity contribution in [2.75, 3.05) is 6.61 Å². The van der Waals surface area contributed by atoms with E-state index in [1.54, 1.807) is 0 Å². The zero-order valence-corrected chi connectivity index (χ0v) is 8.05. The molecule has 86 valence electrons. The van der Waals surface area contributed by atoms with E-state index in [9.17, 15) is 14.4 Å². The number of rotatable bonds is 7. The van der Waals surface area contributed by atoms with Gasteiger partial charge in [0.2, 0.25) is 11.6 Å². The molecule has 0 aromatic rings. The zero-order chi connectivity index (χ0) is 12.0. The minimum atomic E-state index is -1.28. The standard InChI is InChI=1S/C8H14N2O5/c9-4(1-2-6(12)13)7(14)8(15)5(10)3-11/h4-5,11H,1-3,9-10H2,(H,12,13)/t4-,5-/m0/s1. The highest BCUT2D eigenvalue weighted by molar-refractivity contribution is 6.40. The maximum atomic E-state index is 11.2. The van der Waals surface area contributed by atoms with Gasteiger partial charge >= 0.3 is 5.97 Å². The van der Waals surface area contributed by atoms with Crippen LogP contribution in [0.25, 0.3) is 0 Å². The van der Waals surface area contributed by atoms with Crippen molar-refractivity contribution in [3.05, 3.63) is 0 Å². The van der Waals surface area contributed by atoms with Crippen LogP contribution < -0.4 is 11.5 Å². The van der Waals surface area contributed by atoms with Gasteiger partial charge < -0.3 is 21.7 Å². The molecule has 0 aliphatic rings. The minimum absolute atomic E-state index is 0.127. The summed E-state index contributed by atoms with van der Waals surface area (Å²) in [5.74, 6) is -3.02. The van der Waals surface area contributed by atoms with Crippen molar-refractivity contribution >= 4 is 17.5 Å². The Labute approximate surface area is 86.0 Å². The average molecular weight is 218 g/mol. The van der Waals surface area contributed by atoms with Gasteiger partial charge in [0.25, 0.3) is 0 Å². The molecule has 0 fully saturated rings. The molecule has 0 unspecified atom stereocenters. The van der Waals surface area contributed by atoms with Crippen LogP contribution in [0.3, 0.4) is 0 Å². The summed E-state index contributed by atoms with van der Waals surface area (Å²) in [6, 6.07) is -2.46. The van der Waals surface area contributed by atoms with Crippen LogP contribution in [-0.4, -0.2) is 46.4 Å². The second-order valence-corrected chi connectivity index (χ2v) is 3.06. The van der Waals surface area contributed by atoms with Crippen molar-refractivity contribution in [1.82, 2.24) is 0 Å². The molecule has 0 aliphatic heterocycles. The Kier molecular flexibility index (Phi) is 5.68. The molecular formula is C8H14N2O5. The Morgan fingerprint density at radius 1 is 1.07 bits per heavy atom. The number of carboxylic acids is 1. The molecule has 2 atom stereocenters. The second-order valence-electron chi connectivity index (χ2n) is 3.06. The molecule has 0 radical (unpaired) electrons. The quantitative estimate of drug-likeness (QED) is 0.350. The molecule has 0 saturated heterocycles. The predicted molar refractivity (Wildman–Crippen MR) is 49.9 cm³/mol. The van der Waals surface area contributed by atoms with Crippen LogP contribution in [0.15, 0.2) is 0 Å². The molecule has 0 amide bonds. The summed E-state index contributed by atoms with van der Waals surface area (Å²) >= 11 is 0. The van der Waals surface area contributed by atoms with Crippen LogP contribution in [-0.2, 0) is 14.4 Å². The summed E-state index contributed by atoms with van der Waals surface area (Å²) in [6.45, 7) is -0.643. The number of carbonyl (C=O) groups excluding carboxylic acids is 2. The van der Waals surface area contributed by atoms with E-state index >= 15 is 0 Å². The monoisotopic (exact) mass is 218 g/mol. The van der Waals surface area contributed by atoms with Gasteiger partial charge in [-0.2, -0.15) is 0 Å². The van der Waals surface area contributed by atoms with Crippen LogP contribution in [0.2, 0.25) is 0 Å². The van der Waals surface area contributed by atoms with E-state index in [4.69, 9.17) is 21.7 Å². The molecule has 0 spiro atoms. The number of aliphatic hydroxyl groups excluding tert-OH is 1. The lowest BCUT2D eigenvalue weighted by Crippen LogP contribution is -2.46. The number of aliphatic hydroxyl groups is 1. The fraction of sp³-hybridized carbons (Fsp3) is 0.625. The SMILES string of the molecule is N[C@@H](CO)C(=O)C(=O)[C@@H](N)CCC(=O)O. The number of hydrogen-bond donors (Lipinski definition) is 4. The van der Waals surface area contributed by atoms with Crippen molar-refractivity contribution in [3.8, 4) is 0 Å². The van der Waals surface area contributed by atoms with Gasteiger partial charge in [-0.05, 0) is 6.42 Å². The van der Waals surface area contributed by atoms with E-state index in [1.165, 1.54) is 0 Å². The van der Waals surface area contributed by atoms with Gasteiger partial charge in [-0.15, -0.1) is 0 Å². The summed E-state index contributed by atoms with van der Waals surface area (Å²) in [5.41, 5.74) is 10.4. The van der Waals surface area contributed by atoms with E-state index in [2.05, 4.69) is 0 Å². The molecule has 6 N–H and O–H groups in total. The molecule has 15 heavy (non-hydrogen) atoms. The first-order chi connectivity index (χ1) is 6.90. The first kappa shape index (κ1) is 13.7. The smallest absolute Gasteiger partial charge is 0.303 e. The van der Waals surface area contributed by atoms with Crippen LogP contribution in [0.4, 0.5) is 0 Å². The molecule has 0 rings (SSSR count). The van der Waals surface area contributed by atoms with Crippen LogP contribution in [0.1, 0.15) is 12.8 Å². The topological polar surface area (TPSA) is 144 Å². The Balaban J connectivity index is 4.19. The Morgan fingerprint density at radius 3 is 1.93 bits per heavy atom. The lowest BCUT2D eigenvalue weighted by Gasteiger charge is -2.10. The number of hydrogen-bond acceptors (Lipinski definition) is 6. The molecule has 7 nitrogen and oxygen atoms in total. The highest BCUT2D eigenvalue weighted by atomic mass is 16.4. The van der Waals surface area contributed by atoms with Crippen LogP contribution >= 0.6 is 0 Å². The van der Waals surface area contributed by atoms with Gasteiger partial charge in [-0.1, -0.05) is 0 Å². The first-order valence-corrected chi connectivity index (χ1v) is 4.32. The Morgan fingerprint density at radius 2 is 1.53 bits per heavy atom. The van der Waals surface area contributed by atoms with Crippen molar-refractivity contribution in [3.63, 3.8) is 0 Å². The molecule has 0 heterocycles. The molecule has 0 saturated carbocycles. The van der Waals surface area contributed by atoms with Gasteiger partial charge in [-0.3, -0.25) is 14.4 Å². The van der Waals surface area contributed by atoms with E-state index < -0.39 is 36.2 Å². The van der Waals surface area contributed by atoms with E-state index in [-0.39, 0.29) is 12.8 Å². The molecule has 0 aromatic carbocycles.